The van der Waals surface area contributed by atoms with Crippen LogP contribution in [0.3, 0.4) is 0 Å². The summed E-state index contributed by atoms with van der Waals surface area (Å²) in [5, 5.41) is 0.408. The molecule has 0 saturated carbocycles. The topological polar surface area (TPSA) is 36.3 Å². The maximum absolute atomic E-state index is 5.93. The Kier molecular flexibility index (Phi) is 7.26. The molecular formula is C24H30N2O2S. The highest BCUT2D eigenvalue weighted by molar-refractivity contribution is 8.00. The van der Waals surface area contributed by atoms with Crippen LogP contribution >= 0.6 is 11.8 Å². The van der Waals surface area contributed by atoms with Crippen molar-refractivity contribution in [2.75, 3.05) is 7.11 Å². The van der Waals surface area contributed by atoms with E-state index in [2.05, 4.69) is 66.7 Å². The van der Waals surface area contributed by atoms with Crippen molar-refractivity contribution in [2.45, 2.75) is 55.9 Å². The fourth-order valence-electron chi connectivity index (χ4n) is 3.12. The lowest BCUT2D eigenvalue weighted by molar-refractivity contribution is 0.131. The van der Waals surface area contributed by atoms with Gasteiger partial charge in [0.05, 0.1) is 13.4 Å². The van der Waals surface area contributed by atoms with Crippen LogP contribution in [-0.2, 0) is 13.0 Å². The number of para-hydroxylation sites is 1. The Bertz CT molecular complexity index is 871. The van der Waals surface area contributed by atoms with Gasteiger partial charge in [-0.05, 0) is 63.4 Å². The van der Waals surface area contributed by atoms with Crippen molar-refractivity contribution in [3.8, 4) is 11.5 Å². The van der Waals surface area contributed by atoms with E-state index in [0.717, 1.165) is 30.9 Å². The lowest BCUT2D eigenvalue weighted by atomic mass is 10.1. The summed E-state index contributed by atoms with van der Waals surface area (Å²) in [5.41, 5.74) is 1.14. The number of nitrogens with zero attached hydrogens (tertiary/aromatic N) is 2. The predicted octanol–water partition coefficient (Wildman–Crippen LogP) is 5.86. The minimum Gasteiger partial charge on any atom is -0.496 e. The highest BCUT2D eigenvalue weighted by Crippen LogP contribution is 2.34. The number of imidazole rings is 1. The molecule has 2 aromatic carbocycles. The summed E-state index contributed by atoms with van der Waals surface area (Å²) in [5.74, 6) is 1.84. The van der Waals surface area contributed by atoms with E-state index < -0.39 is 0 Å². The highest BCUT2D eigenvalue weighted by Gasteiger charge is 2.15. The average Bonchev–Trinajstić information content (AvgIpc) is 3.19. The van der Waals surface area contributed by atoms with Crippen LogP contribution in [0, 0.1) is 0 Å². The van der Waals surface area contributed by atoms with E-state index in [1.807, 2.05) is 42.6 Å². The summed E-state index contributed by atoms with van der Waals surface area (Å²) in [4.78, 5) is 5.36. The number of rotatable bonds is 9. The van der Waals surface area contributed by atoms with Crippen molar-refractivity contribution in [2.24, 2.45) is 0 Å². The Labute approximate surface area is 178 Å². The van der Waals surface area contributed by atoms with E-state index in [-0.39, 0.29) is 5.60 Å². The Hall–Kier alpha value is -2.40. The van der Waals surface area contributed by atoms with Crippen LogP contribution in [0.2, 0.25) is 0 Å². The van der Waals surface area contributed by atoms with Crippen molar-refractivity contribution in [1.29, 1.82) is 0 Å². The monoisotopic (exact) mass is 410 g/mol. The molecule has 3 aromatic rings. The molecule has 0 fully saturated rings. The molecule has 0 aliphatic carbocycles. The van der Waals surface area contributed by atoms with Gasteiger partial charge in [0.25, 0.3) is 0 Å². The van der Waals surface area contributed by atoms with E-state index in [1.54, 1.807) is 7.11 Å². The van der Waals surface area contributed by atoms with Gasteiger partial charge in [-0.25, -0.2) is 4.98 Å². The van der Waals surface area contributed by atoms with Crippen molar-refractivity contribution < 1.29 is 9.47 Å². The van der Waals surface area contributed by atoms with Gasteiger partial charge >= 0.3 is 0 Å². The van der Waals surface area contributed by atoms with Gasteiger partial charge in [0, 0.05) is 29.1 Å². The highest BCUT2D eigenvalue weighted by atomic mass is 32.2. The first kappa shape index (κ1) is 21.3. The SMILES string of the molecule is COc1ccccc1SC(CCc1ccc(OC(C)(C)C)cc1)Cn1ccnc1. The first-order valence-corrected chi connectivity index (χ1v) is 10.8. The average molecular weight is 411 g/mol. The number of hydrogen-bond donors (Lipinski definition) is 0. The summed E-state index contributed by atoms with van der Waals surface area (Å²) in [6.45, 7) is 7.11. The van der Waals surface area contributed by atoms with Crippen LogP contribution in [0.5, 0.6) is 11.5 Å². The van der Waals surface area contributed by atoms with Crippen LogP contribution in [0.4, 0.5) is 0 Å². The van der Waals surface area contributed by atoms with Crippen molar-refractivity contribution in [1.82, 2.24) is 9.55 Å². The molecule has 0 spiro atoms. The number of benzene rings is 2. The zero-order chi connectivity index (χ0) is 20.7. The van der Waals surface area contributed by atoms with Gasteiger partial charge in [0.15, 0.2) is 0 Å². The number of methoxy groups -OCH3 is 1. The Morgan fingerprint density at radius 3 is 2.48 bits per heavy atom. The summed E-state index contributed by atoms with van der Waals surface area (Å²) in [6.07, 6.45) is 7.80. The fourth-order valence-corrected chi connectivity index (χ4v) is 4.38. The molecule has 0 aliphatic rings. The van der Waals surface area contributed by atoms with Gasteiger partial charge in [-0.2, -0.15) is 0 Å². The van der Waals surface area contributed by atoms with E-state index in [9.17, 15) is 0 Å². The normalized spacial score (nSPS) is 12.6. The minimum absolute atomic E-state index is 0.178. The smallest absolute Gasteiger partial charge is 0.132 e. The number of ether oxygens (including phenoxy) is 2. The molecule has 1 heterocycles. The second kappa shape index (κ2) is 9.88. The molecule has 0 saturated heterocycles. The molecule has 1 atom stereocenters. The number of aromatic nitrogens is 2. The van der Waals surface area contributed by atoms with E-state index in [0.29, 0.717) is 5.25 Å². The van der Waals surface area contributed by atoms with Crippen molar-refractivity contribution >= 4 is 11.8 Å². The van der Waals surface area contributed by atoms with E-state index in [4.69, 9.17) is 9.47 Å². The molecule has 0 amide bonds. The third-order valence-corrected chi connectivity index (χ3v) is 5.75. The fraction of sp³-hybridized carbons (Fsp3) is 0.375. The largest absolute Gasteiger partial charge is 0.496 e. The van der Waals surface area contributed by atoms with Gasteiger partial charge < -0.3 is 14.0 Å². The first-order valence-electron chi connectivity index (χ1n) is 9.96. The quantitative estimate of drug-likeness (QED) is 0.414. The maximum Gasteiger partial charge on any atom is 0.132 e. The number of aryl methyl sites for hydroxylation is 1. The lowest BCUT2D eigenvalue weighted by Gasteiger charge is -2.21. The summed E-state index contributed by atoms with van der Waals surface area (Å²) in [6, 6.07) is 16.7. The molecule has 5 heteroatoms. The van der Waals surface area contributed by atoms with Crippen LogP contribution in [0.1, 0.15) is 32.8 Å². The van der Waals surface area contributed by atoms with Gasteiger partial charge in [-0.3, -0.25) is 0 Å². The molecule has 154 valence electrons. The Balaban J connectivity index is 1.66. The summed E-state index contributed by atoms with van der Waals surface area (Å²) in [7, 11) is 1.73. The molecule has 29 heavy (non-hydrogen) atoms. The van der Waals surface area contributed by atoms with Crippen LogP contribution in [0.15, 0.2) is 72.1 Å². The van der Waals surface area contributed by atoms with Crippen LogP contribution in [-0.4, -0.2) is 27.5 Å². The second-order valence-corrected chi connectivity index (χ2v) is 9.39. The zero-order valence-corrected chi connectivity index (χ0v) is 18.5. The second-order valence-electron chi connectivity index (χ2n) is 8.05. The van der Waals surface area contributed by atoms with Gasteiger partial charge in [-0.1, -0.05) is 24.3 Å². The minimum atomic E-state index is -0.178. The maximum atomic E-state index is 5.93. The number of hydrogen-bond acceptors (Lipinski definition) is 4. The van der Waals surface area contributed by atoms with Crippen LogP contribution < -0.4 is 9.47 Å². The molecule has 0 N–H and O–H groups in total. The Morgan fingerprint density at radius 1 is 1.07 bits per heavy atom. The summed E-state index contributed by atoms with van der Waals surface area (Å²) < 4.78 is 13.6. The van der Waals surface area contributed by atoms with Gasteiger partial charge in [-0.15, -0.1) is 11.8 Å². The standard InChI is InChI=1S/C24H30N2O2S/c1-24(2,3)28-20-12-9-19(10-13-20)11-14-21(17-26-16-15-25-18-26)29-23-8-6-5-7-22(23)27-4/h5-10,12-13,15-16,18,21H,11,14,17H2,1-4H3. The van der Waals surface area contributed by atoms with Crippen molar-refractivity contribution in [3.63, 3.8) is 0 Å². The molecule has 1 aromatic heterocycles. The van der Waals surface area contributed by atoms with Crippen LogP contribution in [0.25, 0.3) is 0 Å². The number of thioether (sulfide) groups is 1. The third-order valence-electron chi connectivity index (χ3n) is 4.44. The summed E-state index contributed by atoms with van der Waals surface area (Å²) >= 11 is 1.87. The van der Waals surface area contributed by atoms with Gasteiger partial charge in [0.2, 0.25) is 0 Å². The molecule has 1 unspecified atom stereocenters. The zero-order valence-electron chi connectivity index (χ0n) is 17.7. The van der Waals surface area contributed by atoms with E-state index in [1.165, 1.54) is 10.5 Å². The third kappa shape index (κ3) is 6.86. The first-order chi connectivity index (χ1) is 13.9. The molecule has 0 radical (unpaired) electrons. The Morgan fingerprint density at radius 2 is 1.83 bits per heavy atom. The predicted molar refractivity (Wildman–Crippen MR) is 120 cm³/mol. The lowest BCUT2D eigenvalue weighted by Crippen LogP contribution is -2.22. The molecule has 3 rings (SSSR count). The molecule has 0 bridgehead atoms. The van der Waals surface area contributed by atoms with Gasteiger partial charge in [0.1, 0.15) is 17.1 Å². The molecule has 4 nitrogen and oxygen atoms in total. The van der Waals surface area contributed by atoms with E-state index >= 15 is 0 Å². The molecular weight excluding hydrogens is 380 g/mol. The molecule has 0 aliphatic heterocycles. The van der Waals surface area contributed by atoms with Crippen molar-refractivity contribution in [3.05, 3.63) is 72.8 Å².